The van der Waals surface area contributed by atoms with Crippen molar-refractivity contribution in [2.24, 2.45) is 0 Å². The van der Waals surface area contributed by atoms with Crippen LogP contribution in [-0.2, 0) is 14.3 Å². The van der Waals surface area contributed by atoms with Gasteiger partial charge in [-0.2, -0.15) is 0 Å². The van der Waals surface area contributed by atoms with Crippen LogP contribution in [0.2, 0.25) is 0 Å². The molecule has 3 aromatic carbocycles. The molecule has 6 nitrogen and oxygen atoms in total. The highest BCUT2D eigenvalue weighted by atomic mass is 16.6. The highest BCUT2D eigenvalue weighted by molar-refractivity contribution is 5.89. The Labute approximate surface area is 193 Å². The number of carbonyl (C=O) groups is 2. The fourth-order valence-corrected chi connectivity index (χ4v) is 3.49. The first-order chi connectivity index (χ1) is 16.1. The third kappa shape index (κ3) is 6.20. The van der Waals surface area contributed by atoms with E-state index in [2.05, 4.69) is 0 Å². The Balaban J connectivity index is 1.27. The molecule has 0 bridgehead atoms. The van der Waals surface area contributed by atoms with Crippen molar-refractivity contribution >= 4 is 11.9 Å². The van der Waals surface area contributed by atoms with Gasteiger partial charge in [0.1, 0.15) is 18.1 Å². The van der Waals surface area contributed by atoms with Crippen molar-refractivity contribution < 1.29 is 28.5 Å². The molecule has 1 aliphatic heterocycles. The zero-order valence-corrected chi connectivity index (χ0v) is 18.4. The molecule has 0 spiro atoms. The van der Waals surface area contributed by atoms with Gasteiger partial charge in [0.15, 0.2) is 6.10 Å². The first-order valence-corrected chi connectivity index (χ1v) is 11.0. The summed E-state index contributed by atoms with van der Waals surface area (Å²) in [6, 6.07) is 23.8. The minimum absolute atomic E-state index is 0.0230. The molecular weight excluding hydrogens is 420 g/mol. The Morgan fingerprint density at radius 1 is 0.909 bits per heavy atom. The van der Waals surface area contributed by atoms with Crippen LogP contribution in [0, 0.1) is 0 Å². The summed E-state index contributed by atoms with van der Waals surface area (Å²) < 4.78 is 21.8. The molecular formula is C27H26O6. The van der Waals surface area contributed by atoms with Gasteiger partial charge in [-0.3, -0.25) is 0 Å². The maximum atomic E-state index is 12.4. The van der Waals surface area contributed by atoms with Crippen LogP contribution in [0.4, 0.5) is 0 Å². The second kappa shape index (κ2) is 10.8. The summed E-state index contributed by atoms with van der Waals surface area (Å²) in [6.45, 7) is 2.59. The van der Waals surface area contributed by atoms with Crippen LogP contribution in [0.3, 0.4) is 0 Å². The lowest BCUT2D eigenvalue weighted by Gasteiger charge is -2.14. The number of esters is 2. The molecule has 4 rings (SSSR count). The molecule has 0 N–H and O–H groups in total. The van der Waals surface area contributed by atoms with E-state index < -0.39 is 18.0 Å². The summed E-state index contributed by atoms with van der Waals surface area (Å²) in [7, 11) is 0. The number of hydrogen-bond acceptors (Lipinski definition) is 6. The van der Waals surface area contributed by atoms with E-state index >= 15 is 0 Å². The van der Waals surface area contributed by atoms with Crippen molar-refractivity contribution in [2.75, 3.05) is 13.2 Å². The zero-order chi connectivity index (χ0) is 23.0. The zero-order valence-electron chi connectivity index (χ0n) is 18.4. The van der Waals surface area contributed by atoms with E-state index in [-0.39, 0.29) is 12.7 Å². The maximum Gasteiger partial charge on any atom is 0.352 e. The van der Waals surface area contributed by atoms with Gasteiger partial charge in [0.05, 0.1) is 11.7 Å². The second-order valence-electron chi connectivity index (χ2n) is 7.83. The Bertz CT molecular complexity index is 1050. The quantitative estimate of drug-likeness (QED) is 0.356. The van der Waals surface area contributed by atoms with E-state index in [0.29, 0.717) is 23.7 Å². The number of hydrogen-bond donors (Lipinski definition) is 0. The molecule has 0 aliphatic carbocycles. The number of ether oxygens (including phenoxy) is 4. The molecule has 0 aromatic heterocycles. The molecule has 0 amide bonds. The minimum Gasteiger partial charge on any atom is -0.479 e. The number of rotatable bonds is 8. The molecule has 1 heterocycles. The topological polar surface area (TPSA) is 71.1 Å². The van der Waals surface area contributed by atoms with Crippen LogP contribution >= 0.6 is 0 Å². The van der Waals surface area contributed by atoms with E-state index in [1.165, 1.54) is 0 Å². The minimum atomic E-state index is -0.802. The summed E-state index contributed by atoms with van der Waals surface area (Å²) in [5, 5.41) is 0. The molecule has 2 atom stereocenters. The lowest BCUT2D eigenvalue weighted by molar-refractivity contribution is -0.141. The summed E-state index contributed by atoms with van der Waals surface area (Å²) in [5.74, 6) is -0.0658. The standard InChI is InChI=1S/C27H26O6/c1-19(32-23-13-9-21(10-14-23)20-6-3-2-4-7-20)26(28)33-24-15-11-22(12-16-24)27(29)31-18-25-8-5-17-30-25/h2-4,6-7,9-16,19,25H,5,8,17-18H2,1H3. The lowest BCUT2D eigenvalue weighted by atomic mass is 10.1. The second-order valence-corrected chi connectivity index (χ2v) is 7.83. The fourth-order valence-electron chi connectivity index (χ4n) is 3.49. The van der Waals surface area contributed by atoms with Crippen LogP contribution in [0.15, 0.2) is 78.9 Å². The third-order valence-electron chi connectivity index (χ3n) is 5.34. The summed E-state index contributed by atoms with van der Waals surface area (Å²) in [6.07, 6.45) is 1.07. The molecule has 1 aliphatic rings. The van der Waals surface area contributed by atoms with Gasteiger partial charge >= 0.3 is 11.9 Å². The highest BCUT2D eigenvalue weighted by Gasteiger charge is 2.19. The third-order valence-corrected chi connectivity index (χ3v) is 5.34. The summed E-state index contributed by atoms with van der Waals surface area (Å²) in [5.41, 5.74) is 2.55. The van der Waals surface area contributed by atoms with Crippen LogP contribution in [-0.4, -0.2) is 37.4 Å². The van der Waals surface area contributed by atoms with Crippen molar-refractivity contribution in [3.8, 4) is 22.6 Å². The fraction of sp³-hybridized carbons (Fsp3) is 0.259. The Hall–Kier alpha value is -3.64. The van der Waals surface area contributed by atoms with Gasteiger partial charge in [-0.05, 0) is 67.3 Å². The summed E-state index contributed by atoms with van der Waals surface area (Å²) >= 11 is 0. The molecule has 6 heteroatoms. The van der Waals surface area contributed by atoms with E-state index in [9.17, 15) is 9.59 Å². The largest absolute Gasteiger partial charge is 0.479 e. The van der Waals surface area contributed by atoms with Crippen LogP contribution in [0.25, 0.3) is 11.1 Å². The molecule has 170 valence electrons. The van der Waals surface area contributed by atoms with Crippen molar-refractivity contribution in [1.29, 1.82) is 0 Å². The molecule has 1 saturated heterocycles. The van der Waals surface area contributed by atoms with Crippen LogP contribution in [0.5, 0.6) is 11.5 Å². The Morgan fingerprint density at radius 3 is 2.24 bits per heavy atom. The van der Waals surface area contributed by atoms with Gasteiger partial charge in [-0.1, -0.05) is 42.5 Å². The first-order valence-electron chi connectivity index (χ1n) is 11.0. The average Bonchev–Trinajstić information content (AvgIpc) is 3.38. The van der Waals surface area contributed by atoms with Gasteiger partial charge in [0.25, 0.3) is 0 Å². The van der Waals surface area contributed by atoms with Crippen LogP contribution in [0.1, 0.15) is 30.1 Å². The highest BCUT2D eigenvalue weighted by Crippen LogP contribution is 2.23. The lowest BCUT2D eigenvalue weighted by Crippen LogP contribution is -2.28. The Morgan fingerprint density at radius 2 is 1.58 bits per heavy atom. The monoisotopic (exact) mass is 446 g/mol. The molecule has 1 fully saturated rings. The van der Waals surface area contributed by atoms with E-state index in [1.807, 2.05) is 54.6 Å². The smallest absolute Gasteiger partial charge is 0.352 e. The first kappa shape index (κ1) is 22.6. The van der Waals surface area contributed by atoms with Gasteiger partial charge < -0.3 is 18.9 Å². The van der Waals surface area contributed by atoms with Crippen molar-refractivity contribution in [1.82, 2.24) is 0 Å². The maximum absolute atomic E-state index is 12.4. The molecule has 0 radical (unpaired) electrons. The van der Waals surface area contributed by atoms with Crippen molar-refractivity contribution in [2.45, 2.75) is 32.0 Å². The Kier molecular flexibility index (Phi) is 7.37. The van der Waals surface area contributed by atoms with Crippen molar-refractivity contribution in [3.63, 3.8) is 0 Å². The van der Waals surface area contributed by atoms with Gasteiger partial charge in [-0.15, -0.1) is 0 Å². The van der Waals surface area contributed by atoms with Crippen molar-refractivity contribution in [3.05, 3.63) is 84.4 Å². The SMILES string of the molecule is CC(Oc1ccc(-c2ccccc2)cc1)C(=O)Oc1ccc(C(=O)OCC2CCCO2)cc1. The van der Waals surface area contributed by atoms with Crippen LogP contribution < -0.4 is 9.47 Å². The normalized spacial score (nSPS) is 16.1. The number of carbonyl (C=O) groups excluding carboxylic acids is 2. The number of benzene rings is 3. The molecule has 3 aromatic rings. The van der Waals surface area contributed by atoms with E-state index in [1.54, 1.807) is 31.2 Å². The predicted molar refractivity (Wildman–Crippen MR) is 123 cm³/mol. The van der Waals surface area contributed by atoms with Gasteiger partial charge in [0, 0.05) is 6.61 Å². The molecule has 2 unspecified atom stereocenters. The molecule has 0 saturated carbocycles. The average molecular weight is 446 g/mol. The predicted octanol–water partition coefficient (Wildman–Crippen LogP) is 5.06. The van der Waals surface area contributed by atoms with Gasteiger partial charge in [0.2, 0.25) is 0 Å². The van der Waals surface area contributed by atoms with Gasteiger partial charge in [-0.25, -0.2) is 9.59 Å². The molecule has 33 heavy (non-hydrogen) atoms. The van der Waals surface area contributed by atoms with E-state index in [4.69, 9.17) is 18.9 Å². The van der Waals surface area contributed by atoms with E-state index in [0.717, 1.165) is 24.0 Å². The summed E-state index contributed by atoms with van der Waals surface area (Å²) in [4.78, 5) is 24.6.